The zero-order valence-corrected chi connectivity index (χ0v) is 19.1. The summed E-state index contributed by atoms with van der Waals surface area (Å²) < 4.78 is 0. The highest BCUT2D eigenvalue weighted by molar-refractivity contribution is 7.80. The van der Waals surface area contributed by atoms with E-state index in [0.29, 0.717) is 6.42 Å². The van der Waals surface area contributed by atoms with Crippen LogP contribution in [0.5, 0.6) is 0 Å². The minimum atomic E-state index is -1.14. The van der Waals surface area contributed by atoms with Gasteiger partial charge in [-0.25, -0.2) is 4.79 Å². The topological polar surface area (TPSA) is 151 Å². The second-order valence-electron chi connectivity index (χ2n) is 7.75. The molecule has 168 valence electrons. The molecular formula is C18H34N4O5S2. The van der Waals surface area contributed by atoms with Gasteiger partial charge in [-0.3, -0.25) is 14.4 Å². The third kappa shape index (κ3) is 10.8. The van der Waals surface area contributed by atoms with Gasteiger partial charge in [-0.2, -0.15) is 25.3 Å². The van der Waals surface area contributed by atoms with Gasteiger partial charge in [0.2, 0.25) is 17.7 Å². The number of carboxylic acid groups (broad SMARTS) is 1. The molecule has 3 amide bonds. The highest BCUT2D eigenvalue weighted by Crippen LogP contribution is 2.09. The van der Waals surface area contributed by atoms with Gasteiger partial charge in [-0.05, 0) is 24.7 Å². The molecule has 0 aliphatic rings. The fraction of sp³-hybridized carbons (Fsp3) is 0.778. The van der Waals surface area contributed by atoms with E-state index in [0.717, 1.165) is 0 Å². The Morgan fingerprint density at radius 2 is 1.17 bits per heavy atom. The van der Waals surface area contributed by atoms with Crippen molar-refractivity contribution in [1.29, 1.82) is 0 Å². The molecule has 4 atom stereocenters. The van der Waals surface area contributed by atoms with Crippen LogP contribution in [0, 0.1) is 11.8 Å². The molecule has 0 spiro atoms. The molecule has 0 aromatic heterocycles. The first-order valence-corrected chi connectivity index (χ1v) is 10.8. The maximum atomic E-state index is 12.7. The predicted molar refractivity (Wildman–Crippen MR) is 118 cm³/mol. The molecule has 0 aromatic rings. The van der Waals surface area contributed by atoms with E-state index >= 15 is 0 Å². The maximum absolute atomic E-state index is 12.7. The molecule has 0 radical (unpaired) electrons. The van der Waals surface area contributed by atoms with E-state index in [1.165, 1.54) is 0 Å². The Kier molecular flexibility index (Phi) is 13.0. The molecule has 0 rings (SSSR count). The average Bonchev–Trinajstić information content (AvgIpc) is 2.62. The van der Waals surface area contributed by atoms with E-state index in [1.54, 1.807) is 0 Å². The van der Waals surface area contributed by atoms with Crippen molar-refractivity contribution < 1.29 is 24.3 Å². The van der Waals surface area contributed by atoms with Crippen molar-refractivity contribution in [2.24, 2.45) is 17.6 Å². The van der Waals surface area contributed by atoms with Crippen LogP contribution < -0.4 is 21.7 Å². The number of aliphatic carboxylic acids is 1. The minimum absolute atomic E-state index is 0.00200. The van der Waals surface area contributed by atoms with Gasteiger partial charge in [0, 0.05) is 11.5 Å². The number of hydrogen-bond donors (Lipinski definition) is 7. The highest BCUT2D eigenvalue weighted by atomic mass is 32.1. The van der Waals surface area contributed by atoms with E-state index in [1.807, 2.05) is 27.7 Å². The lowest BCUT2D eigenvalue weighted by Gasteiger charge is -2.25. The first kappa shape index (κ1) is 27.5. The SMILES string of the molecule is CC(C)CC(NC(=O)C(CC(C)C)NC(=O)C(CS)NC(=O)C(N)CS)C(=O)O. The maximum Gasteiger partial charge on any atom is 0.326 e. The minimum Gasteiger partial charge on any atom is -0.480 e. The Balaban J connectivity index is 5.24. The summed E-state index contributed by atoms with van der Waals surface area (Å²) in [5.41, 5.74) is 5.59. The predicted octanol–water partition coefficient (Wildman–Crippen LogP) is -0.195. The van der Waals surface area contributed by atoms with Gasteiger partial charge in [-0.15, -0.1) is 0 Å². The van der Waals surface area contributed by atoms with Crippen LogP contribution in [0.4, 0.5) is 0 Å². The van der Waals surface area contributed by atoms with Crippen LogP contribution in [0.25, 0.3) is 0 Å². The third-order valence-electron chi connectivity index (χ3n) is 4.01. The van der Waals surface area contributed by atoms with Gasteiger partial charge in [0.25, 0.3) is 0 Å². The van der Waals surface area contributed by atoms with Gasteiger partial charge in [0.1, 0.15) is 18.1 Å². The summed E-state index contributed by atoms with van der Waals surface area (Å²) in [5, 5.41) is 16.9. The van der Waals surface area contributed by atoms with Gasteiger partial charge >= 0.3 is 5.97 Å². The number of carbonyl (C=O) groups is 4. The Morgan fingerprint density at radius 1 is 0.759 bits per heavy atom. The summed E-state index contributed by atoms with van der Waals surface area (Å²) in [7, 11) is 0. The van der Waals surface area contributed by atoms with Crippen LogP contribution in [0.2, 0.25) is 0 Å². The lowest BCUT2D eigenvalue weighted by Crippen LogP contribution is -2.58. The number of nitrogens with two attached hydrogens (primary N) is 1. The largest absolute Gasteiger partial charge is 0.480 e. The van der Waals surface area contributed by atoms with Crippen molar-refractivity contribution in [3.8, 4) is 0 Å². The average molecular weight is 451 g/mol. The number of rotatable bonds is 13. The van der Waals surface area contributed by atoms with E-state index in [4.69, 9.17) is 5.73 Å². The monoisotopic (exact) mass is 450 g/mol. The normalized spacial score (nSPS) is 15.3. The second-order valence-corrected chi connectivity index (χ2v) is 8.48. The van der Waals surface area contributed by atoms with Gasteiger partial charge < -0.3 is 26.8 Å². The number of carbonyl (C=O) groups excluding carboxylic acids is 3. The summed E-state index contributed by atoms with van der Waals surface area (Å²) in [4.78, 5) is 48.6. The molecule has 9 nitrogen and oxygen atoms in total. The van der Waals surface area contributed by atoms with Crippen LogP contribution in [-0.4, -0.2) is 64.5 Å². The van der Waals surface area contributed by atoms with Crippen molar-refractivity contribution >= 4 is 48.9 Å². The van der Waals surface area contributed by atoms with Gasteiger partial charge in [-0.1, -0.05) is 27.7 Å². The summed E-state index contributed by atoms with van der Waals surface area (Å²) in [6.07, 6.45) is 0.565. The zero-order valence-electron chi connectivity index (χ0n) is 17.3. The van der Waals surface area contributed by atoms with Crippen molar-refractivity contribution in [3.63, 3.8) is 0 Å². The highest BCUT2D eigenvalue weighted by Gasteiger charge is 2.30. The third-order valence-corrected chi connectivity index (χ3v) is 4.77. The quantitative estimate of drug-likeness (QED) is 0.193. The molecule has 29 heavy (non-hydrogen) atoms. The molecule has 11 heteroatoms. The lowest BCUT2D eigenvalue weighted by atomic mass is 10.0. The van der Waals surface area contributed by atoms with E-state index in [9.17, 15) is 24.3 Å². The van der Waals surface area contributed by atoms with Gasteiger partial charge in [0.05, 0.1) is 6.04 Å². The number of hydrogen-bond acceptors (Lipinski definition) is 7. The molecule has 0 bridgehead atoms. The first-order chi connectivity index (χ1) is 13.4. The molecule has 0 heterocycles. The number of carboxylic acids is 1. The van der Waals surface area contributed by atoms with Crippen molar-refractivity contribution in [3.05, 3.63) is 0 Å². The summed E-state index contributed by atoms with van der Waals surface area (Å²) in [5.74, 6) is -2.65. The van der Waals surface area contributed by atoms with Gasteiger partial charge in [0.15, 0.2) is 0 Å². The fourth-order valence-corrected chi connectivity index (χ4v) is 2.92. The molecule has 0 fully saturated rings. The molecule has 4 unspecified atom stereocenters. The second kappa shape index (κ2) is 13.7. The summed E-state index contributed by atoms with van der Waals surface area (Å²) in [6, 6.07) is -3.88. The molecular weight excluding hydrogens is 416 g/mol. The van der Waals surface area contributed by atoms with Crippen LogP contribution in [0.1, 0.15) is 40.5 Å². The van der Waals surface area contributed by atoms with Crippen molar-refractivity contribution in [2.75, 3.05) is 11.5 Å². The Hall–Kier alpha value is -1.46. The Bertz CT molecular complexity index is 574. The summed E-state index contributed by atoms with van der Waals surface area (Å²) in [6.45, 7) is 7.45. The standard InChI is InChI=1S/C18H34N4O5S2/c1-9(2)5-12(16(24)21-13(18(26)27)6-10(3)4)20-17(25)14(8-29)22-15(23)11(19)7-28/h9-14,28-29H,5-8,19H2,1-4H3,(H,20,25)(H,21,24)(H,22,23)(H,26,27). The Morgan fingerprint density at radius 3 is 1.59 bits per heavy atom. The molecule has 0 aliphatic carbocycles. The van der Waals surface area contributed by atoms with Crippen molar-refractivity contribution in [2.45, 2.75) is 64.7 Å². The van der Waals surface area contributed by atoms with Crippen LogP contribution in [-0.2, 0) is 19.2 Å². The van der Waals surface area contributed by atoms with E-state index in [-0.39, 0.29) is 29.8 Å². The molecule has 0 saturated heterocycles. The molecule has 6 N–H and O–H groups in total. The smallest absolute Gasteiger partial charge is 0.326 e. The summed E-state index contributed by atoms with van der Waals surface area (Å²) >= 11 is 8.02. The zero-order chi connectivity index (χ0) is 22.7. The van der Waals surface area contributed by atoms with E-state index in [2.05, 4.69) is 41.2 Å². The Labute approximate surface area is 183 Å². The van der Waals surface area contributed by atoms with E-state index < -0.39 is 47.9 Å². The number of nitrogens with one attached hydrogen (secondary N) is 3. The van der Waals surface area contributed by atoms with Crippen LogP contribution in [0.3, 0.4) is 0 Å². The molecule has 0 aliphatic heterocycles. The lowest BCUT2D eigenvalue weighted by molar-refractivity contribution is -0.142. The van der Waals surface area contributed by atoms with Crippen LogP contribution >= 0.6 is 25.3 Å². The first-order valence-electron chi connectivity index (χ1n) is 9.54. The number of amides is 3. The van der Waals surface area contributed by atoms with Crippen molar-refractivity contribution in [1.82, 2.24) is 16.0 Å². The number of thiol groups is 2. The fourth-order valence-electron chi connectivity index (χ4n) is 2.50. The molecule has 0 saturated carbocycles. The molecule has 0 aromatic carbocycles. The van der Waals surface area contributed by atoms with Crippen LogP contribution in [0.15, 0.2) is 0 Å².